The van der Waals surface area contributed by atoms with Crippen LogP contribution in [0.25, 0.3) is 0 Å². The Balaban J connectivity index is 1.96. The molecule has 10 nitrogen and oxygen atoms in total. The van der Waals surface area contributed by atoms with E-state index in [1.54, 1.807) is 52.0 Å². The van der Waals surface area contributed by atoms with Gasteiger partial charge in [0.15, 0.2) is 5.84 Å². The maximum Gasteiger partial charge on any atom is 0.408 e. The second-order valence-electron chi connectivity index (χ2n) is 9.35. The van der Waals surface area contributed by atoms with Crippen LogP contribution in [-0.4, -0.2) is 46.6 Å². The van der Waals surface area contributed by atoms with Gasteiger partial charge in [-0.05, 0) is 51.7 Å². The van der Waals surface area contributed by atoms with Crippen LogP contribution in [0.2, 0.25) is 0 Å². The van der Waals surface area contributed by atoms with E-state index < -0.39 is 29.7 Å². The largest absolute Gasteiger partial charge is 0.444 e. The van der Waals surface area contributed by atoms with E-state index >= 15 is 0 Å². The van der Waals surface area contributed by atoms with E-state index in [9.17, 15) is 14.4 Å². The minimum Gasteiger partial charge on any atom is -0.444 e. The van der Waals surface area contributed by atoms with Gasteiger partial charge in [-0.3, -0.25) is 9.59 Å². The SMILES string of the molecule is C[C@H](NC(=O)[C@@H](CCc1ccccc1)NC(=O)OC(C)(C)C)C(=O)NCc1ccc(C(N)=NO)cc1. The molecule has 0 saturated carbocycles. The monoisotopic (exact) mass is 497 g/mol. The molecular weight excluding hydrogens is 462 g/mol. The number of carbonyl (C=O) groups is 3. The van der Waals surface area contributed by atoms with Crippen molar-refractivity contribution in [3.63, 3.8) is 0 Å². The lowest BCUT2D eigenvalue weighted by Gasteiger charge is -2.24. The molecule has 0 spiro atoms. The maximum atomic E-state index is 13.0. The molecule has 3 amide bonds. The molecule has 0 aliphatic rings. The number of carbonyl (C=O) groups excluding carboxylic acids is 3. The van der Waals surface area contributed by atoms with Gasteiger partial charge in [0.25, 0.3) is 0 Å². The number of oxime groups is 1. The maximum absolute atomic E-state index is 13.0. The lowest BCUT2D eigenvalue weighted by Crippen LogP contribution is -2.53. The lowest BCUT2D eigenvalue weighted by molar-refractivity contribution is -0.129. The van der Waals surface area contributed by atoms with Crippen LogP contribution in [-0.2, 0) is 27.3 Å². The molecule has 0 bridgehead atoms. The molecule has 0 aliphatic heterocycles. The molecule has 2 aromatic rings. The van der Waals surface area contributed by atoms with E-state index in [0.717, 1.165) is 11.1 Å². The number of ether oxygens (including phenoxy) is 1. The molecule has 0 heterocycles. The standard InChI is InChI=1S/C26H35N5O5/c1-17(23(32)28-16-19-10-13-20(14-11-19)22(27)31-35)29-24(33)21(30-25(34)36-26(2,3)4)15-12-18-8-6-5-7-9-18/h5-11,13-14,17,21,35H,12,15-16H2,1-4H3,(H2,27,31)(H,28,32)(H,29,33)(H,30,34)/t17-,21+/m0/s1. The van der Waals surface area contributed by atoms with Gasteiger partial charge >= 0.3 is 6.09 Å². The highest BCUT2D eigenvalue weighted by molar-refractivity contribution is 5.97. The molecule has 194 valence electrons. The summed E-state index contributed by atoms with van der Waals surface area (Å²) in [4.78, 5) is 37.9. The number of alkyl carbamates (subject to hydrolysis) is 1. The Morgan fingerprint density at radius 2 is 1.61 bits per heavy atom. The number of hydrogen-bond donors (Lipinski definition) is 5. The molecule has 0 aliphatic carbocycles. The summed E-state index contributed by atoms with van der Waals surface area (Å²) in [7, 11) is 0. The number of nitrogens with one attached hydrogen (secondary N) is 3. The zero-order valence-corrected chi connectivity index (χ0v) is 21.1. The molecule has 0 aromatic heterocycles. The molecule has 2 aromatic carbocycles. The second kappa shape index (κ2) is 13.1. The molecule has 2 atom stereocenters. The first-order valence-electron chi connectivity index (χ1n) is 11.7. The Morgan fingerprint density at radius 3 is 2.19 bits per heavy atom. The predicted molar refractivity (Wildman–Crippen MR) is 136 cm³/mol. The Hall–Kier alpha value is -4.08. The first-order valence-corrected chi connectivity index (χ1v) is 11.7. The summed E-state index contributed by atoms with van der Waals surface area (Å²) in [6.45, 7) is 7.00. The van der Waals surface area contributed by atoms with E-state index in [1.165, 1.54) is 0 Å². The molecule has 6 N–H and O–H groups in total. The number of benzene rings is 2. The lowest BCUT2D eigenvalue weighted by atomic mass is 10.0. The zero-order chi connectivity index (χ0) is 26.7. The van der Waals surface area contributed by atoms with Gasteiger partial charge < -0.3 is 31.6 Å². The van der Waals surface area contributed by atoms with Gasteiger partial charge in [-0.2, -0.15) is 0 Å². The third-order valence-corrected chi connectivity index (χ3v) is 5.15. The molecule has 36 heavy (non-hydrogen) atoms. The predicted octanol–water partition coefficient (Wildman–Crippen LogP) is 2.43. The molecule has 0 radical (unpaired) electrons. The van der Waals surface area contributed by atoms with Crippen LogP contribution < -0.4 is 21.7 Å². The summed E-state index contributed by atoms with van der Waals surface area (Å²) >= 11 is 0. The van der Waals surface area contributed by atoms with Crippen LogP contribution in [0.5, 0.6) is 0 Å². The van der Waals surface area contributed by atoms with E-state index in [0.29, 0.717) is 18.4 Å². The quantitative estimate of drug-likeness (QED) is 0.147. The number of aryl methyl sites for hydroxylation is 1. The zero-order valence-electron chi connectivity index (χ0n) is 21.1. The van der Waals surface area contributed by atoms with Crippen LogP contribution >= 0.6 is 0 Å². The van der Waals surface area contributed by atoms with Crippen LogP contribution in [0, 0.1) is 0 Å². The fourth-order valence-corrected chi connectivity index (χ4v) is 3.25. The van der Waals surface area contributed by atoms with Gasteiger partial charge in [0, 0.05) is 12.1 Å². The van der Waals surface area contributed by atoms with Crippen LogP contribution in [0.15, 0.2) is 59.8 Å². The fourth-order valence-electron chi connectivity index (χ4n) is 3.25. The Labute approximate surface area is 211 Å². The number of nitrogens with two attached hydrogens (primary N) is 1. The molecule has 0 saturated heterocycles. The molecular formula is C26H35N5O5. The summed E-state index contributed by atoms with van der Waals surface area (Å²) in [5, 5.41) is 19.7. The fraction of sp³-hybridized carbons (Fsp3) is 0.385. The average Bonchev–Trinajstić information content (AvgIpc) is 2.84. The van der Waals surface area contributed by atoms with Gasteiger partial charge in [0.2, 0.25) is 11.8 Å². The number of amides is 3. The van der Waals surface area contributed by atoms with Gasteiger partial charge in [0.05, 0.1) is 0 Å². The first kappa shape index (κ1) is 28.2. The highest BCUT2D eigenvalue weighted by atomic mass is 16.6. The van der Waals surface area contributed by atoms with Gasteiger partial charge in [-0.25, -0.2) is 4.79 Å². The summed E-state index contributed by atoms with van der Waals surface area (Å²) in [6, 6.07) is 14.7. The third-order valence-electron chi connectivity index (χ3n) is 5.15. The highest BCUT2D eigenvalue weighted by Gasteiger charge is 2.26. The van der Waals surface area contributed by atoms with Crippen LogP contribution in [0.4, 0.5) is 4.79 Å². The van der Waals surface area contributed by atoms with Crippen molar-refractivity contribution in [1.82, 2.24) is 16.0 Å². The van der Waals surface area contributed by atoms with Crippen molar-refractivity contribution in [2.75, 3.05) is 0 Å². The minimum absolute atomic E-state index is 0.0104. The van der Waals surface area contributed by atoms with E-state index in [1.807, 2.05) is 30.3 Å². The van der Waals surface area contributed by atoms with Crippen molar-refractivity contribution in [2.24, 2.45) is 10.9 Å². The molecule has 0 unspecified atom stereocenters. The first-order chi connectivity index (χ1) is 17.0. The topological polar surface area (TPSA) is 155 Å². The number of rotatable bonds is 10. The summed E-state index contributed by atoms with van der Waals surface area (Å²) in [5.74, 6) is -0.880. The number of amidine groups is 1. The van der Waals surface area contributed by atoms with Crippen molar-refractivity contribution < 1.29 is 24.3 Å². The Morgan fingerprint density at radius 1 is 0.972 bits per heavy atom. The summed E-state index contributed by atoms with van der Waals surface area (Å²) < 4.78 is 5.30. The van der Waals surface area contributed by atoms with E-state index in [2.05, 4.69) is 21.1 Å². The van der Waals surface area contributed by atoms with Gasteiger partial charge in [0.1, 0.15) is 17.7 Å². The summed E-state index contributed by atoms with van der Waals surface area (Å²) in [5.41, 5.74) is 7.19. The normalized spacial score (nSPS) is 13.3. The van der Waals surface area contributed by atoms with Crippen molar-refractivity contribution >= 4 is 23.7 Å². The Kier molecular flexibility index (Phi) is 10.3. The molecule has 10 heteroatoms. The molecule has 0 fully saturated rings. The van der Waals surface area contributed by atoms with Crippen LogP contribution in [0.1, 0.15) is 50.8 Å². The second-order valence-corrected chi connectivity index (χ2v) is 9.35. The number of hydrogen-bond acceptors (Lipinski definition) is 6. The third kappa shape index (κ3) is 9.65. The van der Waals surface area contributed by atoms with E-state index in [4.69, 9.17) is 15.7 Å². The molecule has 2 rings (SSSR count). The highest BCUT2D eigenvalue weighted by Crippen LogP contribution is 2.10. The van der Waals surface area contributed by atoms with Gasteiger partial charge in [-0.1, -0.05) is 59.8 Å². The average molecular weight is 498 g/mol. The van der Waals surface area contributed by atoms with Gasteiger partial charge in [-0.15, -0.1) is 0 Å². The van der Waals surface area contributed by atoms with Crippen molar-refractivity contribution in [3.8, 4) is 0 Å². The van der Waals surface area contributed by atoms with Crippen LogP contribution in [0.3, 0.4) is 0 Å². The van der Waals surface area contributed by atoms with Crippen molar-refractivity contribution in [3.05, 3.63) is 71.3 Å². The van der Waals surface area contributed by atoms with Crippen molar-refractivity contribution in [2.45, 2.75) is 64.8 Å². The minimum atomic E-state index is -0.888. The number of nitrogens with zero attached hydrogens (tertiary/aromatic N) is 1. The Bertz CT molecular complexity index is 1050. The van der Waals surface area contributed by atoms with Crippen molar-refractivity contribution in [1.29, 1.82) is 0 Å². The van der Waals surface area contributed by atoms with E-state index in [-0.39, 0.29) is 18.3 Å². The smallest absolute Gasteiger partial charge is 0.408 e. The summed E-state index contributed by atoms with van der Waals surface area (Å²) in [6.07, 6.45) is 0.176.